The summed E-state index contributed by atoms with van der Waals surface area (Å²) in [5, 5.41) is 5.73. The zero-order valence-electron chi connectivity index (χ0n) is 28.9. The number of unbranched alkanes of at least 4 members (excludes halogenated alkanes) is 1. The van der Waals surface area contributed by atoms with Crippen molar-refractivity contribution in [2.75, 3.05) is 13.7 Å². The van der Waals surface area contributed by atoms with Crippen LogP contribution in [0.15, 0.2) is 130 Å². The second-order valence-corrected chi connectivity index (χ2v) is 12.0. The number of aliphatic imine (C=N–C) groups is 2. The molecule has 2 heterocycles. The van der Waals surface area contributed by atoms with Crippen LogP contribution < -0.4 is 16.0 Å². The van der Waals surface area contributed by atoms with Crippen LogP contribution in [0.2, 0.25) is 0 Å². The zero-order chi connectivity index (χ0) is 34.6. The maximum absolute atomic E-state index is 12.2. The summed E-state index contributed by atoms with van der Waals surface area (Å²) in [5.41, 5.74) is 11.1. The molecule has 1 aliphatic heterocycles. The smallest absolute Gasteiger partial charge is 0.337 e. The first-order valence-electron chi connectivity index (χ1n) is 17.1. The van der Waals surface area contributed by atoms with E-state index in [4.69, 9.17) is 9.73 Å². The van der Waals surface area contributed by atoms with Gasteiger partial charge < -0.3 is 15.0 Å². The van der Waals surface area contributed by atoms with Crippen LogP contribution in [0, 0.1) is 0 Å². The normalized spacial score (nSPS) is 15.2. The molecule has 0 radical (unpaired) electrons. The van der Waals surface area contributed by atoms with Gasteiger partial charge in [0, 0.05) is 39.8 Å². The molecule has 2 N–H and O–H groups in total. The summed E-state index contributed by atoms with van der Waals surface area (Å²) >= 11 is 0. The molecule has 0 spiro atoms. The van der Waals surface area contributed by atoms with E-state index in [0.29, 0.717) is 12.1 Å². The largest absolute Gasteiger partial charge is 0.465 e. The Morgan fingerprint density at radius 3 is 2.14 bits per heavy atom. The van der Waals surface area contributed by atoms with Crippen molar-refractivity contribution in [2.45, 2.75) is 52.4 Å². The summed E-state index contributed by atoms with van der Waals surface area (Å²) in [5.74, 6) is -0.359. The molecule has 250 valence electrons. The zero-order valence-corrected chi connectivity index (χ0v) is 28.9. The van der Waals surface area contributed by atoms with Gasteiger partial charge in [-0.25, -0.2) is 4.79 Å². The number of benzene rings is 3. The van der Waals surface area contributed by atoms with E-state index in [0.717, 1.165) is 105 Å². The predicted molar refractivity (Wildman–Crippen MR) is 205 cm³/mol. The topological polar surface area (TPSA) is 78.8 Å². The molecule has 1 aromatic heterocycles. The molecule has 0 saturated carbocycles. The third-order valence-corrected chi connectivity index (χ3v) is 8.63. The van der Waals surface area contributed by atoms with Crippen LogP contribution in [0.4, 0.5) is 0 Å². The van der Waals surface area contributed by atoms with Gasteiger partial charge in [-0.3, -0.25) is 9.98 Å². The minimum Gasteiger partial charge on any atom is -0.465 e. The van der Waals surface area contributed by atoms with Crippen molar-refractivity contribution >= 4 is 41.7 Å². The Labute approximate surface area is 290 Å². The number of carbonyl (C=O) groups excluding carboxylic acids is 1. The minimum atomic E-state index is -0.359. The lowest BCUT2D eigenvalue weighted by atomic mass is 9.96. The molecule has 1 aliphatic rings. The standard InChI is InChI=1S/C43H46N4O2/c1-6-8-20-37(45-29-35(36(44-4)15-7-2)31-22-24-34(25-23-31)43(48)49-5)41(32-16-11-9-12-17-32)39-27-28-40(47-39)42(33-18-13-10-14-19-33)38-26-21-30(3)46-38/h9-14,16-26,45-46H,3-4,6-8,15,27-29H2,1-2,5H3/b36-35+,37-20-,41-39-,42-38-. The highest BCUT2D eigenvalue weighted by molar-refractivity contribution is 6.24. The molecule has 5 rings (SSSR count). The highest BCUT2D eigenvalue weighted by Crippen LogP contribution is 2.35. The second-order valence-electron chi connectivity index (χ2n) is 12.0. The van der Waals surface area contributed by atoms with Crippen molar-refractivity contribution in [1.29, 1.82) is 0 Å². The Kier molecular flexibility index (Phi) is 12.1. The number of hydrogen-bond donors (Lipinski definition) is 2. The Balaban J connectivity index is 1.62. The van der Waals surface area contributed by atoms with Gasteiger partial charge >= 0.3 is 5.97 Å². The van der Waals surface area contributed by atoms with Gasteiger partial charge in [-0.15, -0.1) is 0 Å². The van der Waals surface area contributed by atoms with Crippen molar-refractivity contribution in [3.8, 4) is 0 Å². The van der Waals surface area contributed by atoms with Crippen molar-refractivity contribution in [2.24, 2.45) is 9.98 Å². The SMILES string of the molecule is C=N/C(CCC)=C(\CNC(=C\CCC)/C(=C1/CCC(C(/c2ccccc2)=c2/ccc(=C)[nH]2)=N1)c1ccccc1)c1ccc(C(=O)OC)cc1. The Morgan fingerprint density at radius 1 is 0.878 bits per heavy atom. The average Bonchev–Trinajstić information content (AvgIpc) is 3.80. The first kappa shape index (κ1) is 34.8. The molecule has 4 aromatic rings. The van der Waals surface area contributed by atoms with Crippen molar-refractivity contribution in [3.05, 3.63) is 153 Å². The van der Waals surface area contributed by atoms with E-state index in [1.165, 1.54) is 7.11 Å². The summed E-state index contributed by atoms with van der Waals surface area (Å²) < 4.78 is 4.93. The van der Waals surface area contributed by atoms with Gasteiger partial charge in [-0.1, -0.05) is 112 Å². The predicted octanol–water partition coefficient (Wildman–Crippen LogP) is 8.24. The van der Waals surface area contributed by atoms with Gasteiger partial charge in [0.1, 0.15) is 0 Å². The number of rotatable bonds is 14. The van der Waals surface area contributed by atoms with Gasteiger partial charge in [0.15, 0.2) is 0 Å². The van der Waals surface area contributed by atoms with E-state index < -0.39 is 0 Å². The third kappa shape index (κ3) is 8.52. The molecular formula is C43H46N4O2. The average molecular weight is 651 g/mol. The highest BCUT2D eigenvalue weighted by atomic mass is 16.5. The molecule has 0 aliphatic carbocycles. The van der Waals surface area contributed by atoms with Crippen LogP contribution in [-0.4, -0.2) is 37.0 Å². The summed E-state index contributed by atoms with van der Waals surface area (Å²) in [4.78, 5) is 25.5. The molecule has 6 heteroatoms. The second kappa shape index (κ2) is 17.1. The molecule has 0 atom stereocenters. The van der Waals surface area contributed by atoms with Crippen LogP contribution >= 0.6 is 0 Å². The molecule has 3 aromatic carbocycles. The quantitative estimate of drug-likeness (QED) is 0.107. The minimum absolute atomic E-state index is 0.359. The maximum atomic E-state index is 12.2. The first-order valence-corrected chi connectivity index (χ1v) is 17.1. The van der Waals surface area contributed by atoms with Crippen molar-refractivity contribution in [3.63, 3.8) is 0 Å². The number of carbonyl (C=O) groups is 1. The molecule has 0 fully saturated rings. The van der Waals surface area contributed by atoms with Gasteiger partial charge in [0.25, 0.3) is 0 Å². The van der Waals surface area contributed by atoms with E-state index >= 15 is 0 Å². The van der Waals surface area contributed by atoms with E-state index in [-0.39, 0.29) is 5.97 Å². The van der Waals surface area contributed by atoms with Crippen LogP contribution in [-0.2, 0) is 4.74 Å². The van der Waals surface area contributed by atoms with Gasteiger partial charge in [0.05, 0.1) is 24.1 Å². The number of esters is 1. The number of H-pyrrole nitrogens is 1. The third-order valence-electron chi connectivity index (χ3n) is 8.63. The molecule has 0 amide bonds. The Bertz CT molecular complexity index is 2000. The number of nitrogens with zero attached hydrogens (tertiary/aromatic N) is 2. The fourth-order valence-electron chi connectivity index (χ4n) is 6.22. The van der Waals surface area contributed by atoms with Crippen LogP contribution in [0.25, 0.3) is 23.3 Å². The number of methoxy groups -OCH3 is 1. The van der Waals surface area contributed by atoms with E-state index in [2.05, 4.69) is 103 Å². The molecular weight excluding hydrogens is 604 g/mol. The lowest BCUT2D eigenvalue weighted by Gasteiger charge is -2.20. The number of allylic oxidation sites excluding steroid dienone is 4. The maximum Gasteiger partial charge on any atom is 0.337 e. The molecule has 0 bridgehead atoms. The van der Waals surface area contributed by atoms with Crippen LogP contribution in [0.5, 0.6) is 0 Å². The Hall–Kier alpha value is -5.49. The lowest BCUT2D eigenvalue weighted by Crippen LogP contribution is -2.19. The lowest BCUT2D eigenvalue weighted by molar-refractivity contribution is 0.0600. The molecule has 49 heavy (non-hydrogen) atoms. The van der Waals surface area contributed by atoms with Crippen LogP contribution in [0.3, 0.4) is 0 Å². The molecule has 0 saturated heterocycles. The van der Waals surface area contributed by atoms with E-state index in [1.807, 2.05) is 30.3 Å². The number of hydrogen-bond acceptors (Lipinski definition) is 5. The molecule has 0 unspecified atom stereocenters. The number of aromatic nitrogens is 1. The summed E-state index contributed by atoms with van der Waals surface area (Å²) in [6, 6.07) is 32.6. The van der Waals surface area contributed by atoms with Crippen LogP contribution in [0.1, 0.15) is 79.4 Å². The summed E-state index contributed by atoms with van der Waals surface area (Å²) in [6.07, 6.45) is 7.57. The van der Waals surface area contributed by atoms with Gasteiger partial charge in [-0.05, 0) is 78.9 Å². The number of aromatic amines is 1. The monoisotopic (exact) mass is 650 g/mol. The Morgan fingerprint density at radius 2 is 1.55 bits per heavy atom. The summed E-state index contributed by atoms with van der Waals surface area (Å²) in [7, 11) is 1.39. The summed E-state index contributed by atoms with van der Waals surface area (Å²) in [6.45, 7) is 12.9. The van der Waals surface area contributed by atoms with Gasteiger partial charge in [-0.2, -0.15) is 0 Å². The van der Waals surface area contributed by atoms with Crippen molar-refractivity contribution in [1.82, 2.24) is 10.3 Å². The first-order chi connectivity index (χ1) is 24.0. The molecule has 6 nitrogen and oxygen atoms in total. The fourth-order valence-corrected chi connectivity index (χ4v) is 6.22. The van der Waals surface area contributed by atoms with Crippen molar-refractivity contribution < 1.29 is 9.53 Å². The number of ether oxygens (including phenoxy) is 1. The van der Waals surface area contributed by atoms with E-state index in [1.54, 1.807) is 12.1 Å². The van der Waals surface area contributed by atoms with E-state index in [9.17, 15) is 4.79 Å². The number of nitrogens with one attached hydrogen (secondary N) is 2. The fraction of sp³-hybridized carbons (Fsp3) is 0.233. The van der Waals surface area contributed by atoms with Gasteiger partial charge in [0.2, 0.25) is 0 Å². The highest BCUT2D eigenvalue weighted by Gasteiger charge is 2.23.